The molecule has 2 rings (SSSR count). The third-order valence-corrected chi connectivity index (χ3v) is 3.21. The summed E-state index contributed by atoms with van der Waals surface area (Å²) in [6, 6.07) is 6.37. The molecule has 1 fully saturated rings. The van der Waals surface area contributed by atoms with Gasteiger partial charge in [-0.2, -0.15) is 0 Å². The van der Waals surface area contributed by atoms with Gasteiger partial charge in [-0.15, -0.1) is 0 Å². The number of esters is 1. The van der Waals surface area contributed by atoms with Crippen LogP contribution in [0.1, 0.15) is 13.3 Å². The summed E-state index contributed by atoms with van der Waals surface area (Å²) in [5.41, 5.74) is 0. The largest absolute Gasteiger partial charge is 0.483 e. The van der Waals surface area contributed by atoms with E-state index in [1.54, 1.807) is 31.2 Å². The third kappa shape index (κ3) is 5.47. The van der Waals surface area contributed by atoms with Crippen molar-refractivity contribution in [3.8, 4) is 11.5 Å². The molecule has 0 aromatic heterocycles. The summed E-state index contributed by atoms with van der Waals surface area (Å²) in [7, 11) is 1.21. The zero-order valence-corrected chi connectivity index (χ0v) is 13.4. The fourth-order valence-corrected chi connectivity index (χ4v) is 1.94. The van der Waals surface area contributed by atoms with Gasteiger partial charge in [-0.05, 0) is 31.2 Å². The number of halogens is 1. The van der Waals surface area contributed by atoms with E-state index in [9.17, 15) is 14.0 Å². The number of benzene rings is 1. The molecule has 0 N–H and O–H groups in total. The Morgan fingerprint density at radius 1 is 1.25 bits per heavy atom. The molecule has 1 aliphatic rings. The summed E-state index contributed by atoms with van der Waals surface area (Å²) < 4.78 is 38.3. The minimum Gasteiger partial charge on any atom is -0.483 e. The molecule has 3 unspecified atom stereocenters. The van der Waals surface area contributed by atoms with Crippen LogP contribution in [0.4, 0.5) is 4.39 Å². The van der Waals surface area contributed by atoms with Crippen LogP contribution in [0.2, 0.25) is 0 Å². The average Bonchev–Trinajstić information content (AvgIpc) is 2.56. The molecule has 1 aromatic carbocycles. The van der Waals surface area contributed by atoms with Crippen LogP contribution in [0.3, 0.4) is 0 Å². The minimum atomic E-state index is -1.51. The number of rotatable bonds is 7. The molecule has 1 heterocycles. The van der Waals surface area contributed by atoms with Crippen molar-refractivity contribution in [1.82, 2.24) is 0 Å². The van der Waals surface area contributed by atoms with Crippen LogP contribution in [0.5, 0.6) is 11.5 Å². The minimum absolute atomic E-state index is 0.107. The molecule has 24 heavy (non-hydrogen) atoms. The number of ketones is 1. The lowest BCUT2D eigenvalue weighted by molar-refractivity contribution is -0.244. The molecule has 1 aromatic rings. The van der Waals surface area contributed by atoms with Crippen LogP contribution in [-0.2, 0) is 23.8 Å². The van der Waals surface area contributed by atoms with Gasteiger partial charge in [0.25, 0.3) is 0 Å². The molecule has 7 nitrogen and oxygen atoms in total. The summed E-state index contributed by atoms with van der Waals surface area (Å²) >= 11 is 0. The first-order valence-corrected chi connectivity index (χ1v) is 7.38. The number of hydrogen-bond acceptors (Lipinski definition) is 7. The fraction of sp³-hybridized carbons (Fsp3) is 0.500. The number of alkyl halides is 1. The Balaban J connectivity index is 1.85. The van der Waals surface area contributed by atoms with Crippen molar-refractivity contribution >= 4 is 11.8 Å². The fourth-order valence-electron chi connectivity index (χ4n) is 1.94. The van der Waals surface area contributed by atoms with Gasteiger partial charge in [0.05, 0.1) is 7.11 Å². The second-order valence-electron chi connectivity index (χ2n) is 5.08. The first-order valence-electron chi connectivity index (χ1n) is 7.38. The van der Waals surface area contributed by atoms with E-state index in [4.69, 9.17) is 18.9 Å². The van der Waals surface area contributed by atoms with Crippen LogP contribution in [0.25, 0.3) is 0 Å². The maximum Gasteiger partial charge on any atom is 0.313 e. The van der Waals surface area contributed by atoms with Gasteiger partial charge in [0.15, 0.2) is 11.9 Å². The molecule has 0 spiro atoms. The second kappa shape index (κ2) is 8.60. The first kappa shape index (κ1) is 18.2. The van der Waals surface area contributed by atoms with Gasteiger partial charge in [0.1, 0.15) is 31.1 Å². The van der Waals surface area contributed by atoms with Crippen LogP contribution >= 0.6 is 0 Å². The maximum atomic E-state index is 13.0. The van der Waals surface area contributed by atoms with Crippen molar-refractivity contribution in [2.75, 3.05) is 20.3 Å². The van der Waals surface area contributed by atoms with Crippen LogP contribution in [0.15, 0.2) is 24.3 Å². The highest BCUT2D eigenvalue weighted by Gasteiger charge is 2.24. The summed E-state index contributed by atoms with van der Waals surface area (Å²) in [4.78, 5) is 22.8. The lowest BCUT2D eigenvalue weighted by Crippen LogP contribution is -2.37. The predicted molar refractivity (Wildman–Crippen MR) is 79.4 cm³/mol. The van der Waals surface area contributed by atoms with Crippen molar-refractivity contribution in [1.29, 1.82) is 0 Å². The highest BCUT2D eigenvalue weighted by Crippen LogP contribution is 2.21. The zero-order valence-electron chi connectivity index (χ0n) is 13.4. The van der Waals surface area contributed by atoms with Crippen molar-refractivity contribution in [2.24, 2.45) is 0 Å². The van der Waals surface area contributed by atoms with Crippen molar-refractivity contribution in [3.05, 3.63) is 24.3 Å². The number of Topliss-reactive ketones (excluding diaryl/α,β-unsaturated/α-hetero) is 1. The molecule has 0 amide bonds. The van der Waals surface area contributed by atoms with Gasteiger partial charge in [0, 0.05) is 0 Å². The molecule has 0 radical (unpaired) electrons. The van der Waals surface area contributed by atoms with Gasteiger partial charge < -0.3 is 23.7 Å². The van der Waals surface area contributed by atoms with Gasteiger partial charge in [-0.3, -0.25) is 9.59 Å². The number of ether oxygens (including phenoxy) is 5. The third-order valence-electron chi connectivity index (χ3n) is 3.21. The van der Waals surface area contributed by atoms with Crippen LogP contribution in [0, 0.1) is 0 Å². The number of hydrogen-bond donors (Lipinski definition) is 0. The molecular formula is C16H19FO7. The molecule has 132 valence electrons. The topological polar surface area (TPSA) is 80.3 Å². The van der Waals surface area contributed by atoms with Crippen molar-refractivity contribution < 1.29 is 37.7 Å². The molecule has 1 aliphatic heterocycles. The zero-order chi connectivity index (χ0) is 17.5. The molecule has 1 saturated heterocycles. The van der Waals surface area contributed by atoms with E-state index in [0.717, 1.165) is 0 Å². The smallest absolute Gasteiger partial charge is 0.313 e. The van der Waals surface area contributed by atoms with E-state index in [0.29, 0.717) is 11.5 Å². The number of carbonyl (C=O) groups excluding carboxylic acids is 2. The highest BCUT2D eigenvalue weighted by atomic mass is 19.1. The summed E-state index contributed by atoms with van der Waals surface area (Å²) in [6.07, 6.45) is -3.46. The van der Waals surface area contributed by atoms with Gasteiger partial charge in [-0.25, -0.2) is 4.39 Å². The molecular weight excluding hydrogens is 323 g/mol. The standard InChI is InChI=1S/C16H19FO7/c1-10(13(18)7-15(19)20-2)22-11-3-5-12(6-4-11)23-16-9-21-8-14(17)24-16/h3-6,10,14,16H,7-9H2,1-2H3. The van der Waals surface area contributed by atoms with Crippen molar-refractivity contribution in [2.45, 2.75) is 32.1 Å². The predicted octanol–water partition coefficient (Wildman–Crippen LogP) is 1.63. The monoisotopic (exact) mass is 342 g/mol. The van der Waals surface area contributed by atoms with E-state index in [1.807, 2.05) is 0 Å². The van der Waals surface area contributed by atoms with Gasteiger partial charge >= 0.3 is 5.97 Å². The SMILES string of the molecule is COC(=O)CC(=O)C(C)Oc1ccc(OC2COCC(F)O2)cc1. The maximum absolute atomic E-state index is 13.0. The van der Waals surface area contributed by atoms with Crippen LogP contribution in [-0.4, -0.2) is 50.8 Å². The lowest BCUT2D eigenvalue weighted by atomic mass is 10.2. The Morgan fingerprint density at radius 3 is 2.54 bits per heavy atom. The van der Waals surface area contributed by atoms with E-state index >= 15 is 0 Å². The normalized spacial score (nSPS) is 21.6. The molecule has 0 saturated carbocycles. The molecule has 0 aliphatic carbocycles. The Labute approximate surface area is 138 Å². The van der Waals surface area contributed by atoms with Gasteiger partial charge in [-0.1, -0.05) is 0 Å². The quantitative estimate of drug-likeness (QED) is 0.550. The summed E-state index contributed by atoms with van der Waals surface area (Å²) in [5, 5.41) is 0. The van der Waals surface area contributed by atoms with E-state index in [1.165, 1.54) is 7.11 Å². The second-order valence-corrected chi connectivity index (χ2v) is 5.08. The average molecular weight is 342 g/mol. The first-order chi connectivity index (χ1) is 11.5. The lowest BCUT2D eigenvalue weighted by Gasteiger charge is -2.26. The van der Waals surface area contributed by atoms with E-state index in [-0.39, 0.29) is 25.4 Å². The summed E-state index contributed by atoms with van der Waals surface area (Å²) in [6.45, 7) is 1.58. The van der Waals surface area contributed by atoms with Crippen molar-refractivity contribution in [3.63, 3.8) is 0 Å². The Morgan fingerprint density at radius 2 is 1.92 bits per heavy atom. The number of methoxy groups -OCH3 is 1. The van der Waals surface area contributed by atoms with E-state index in [2.05, 4.69) is 4.74 Å². The Kier molecular flexibility index (Phi) is 6.51. The Hall–Kier alpha value is -2.19. The molecule has 0 bridgehead atoms. The number of carbonyl (C=O) groups is 2. The van der Waals surface area contributed by atoms with E-state index < -0.39 is 24.7 Å². The molecule has 8 heteroatoms. The van der Waals surface area contributed by atoms with Gasteiger partial charge in [0.2, 0.25) is 12.6 Å². The van der Waals surface area contributed by atoms with Crippen LogP contribution < -0.4 is 9.47 Å². The molecule has 3 atom stereocenters. The Bertz CT molecular complexity index is 560. The highest BCUT2D eigenvalue weighted by molar-refractivity contribution is 5.97. The summed E-state index contributed by atoms with van der Waals surface area (Å²) in [5.74, 6) is -0.125.